The van der Waals surface area contributed by atoms with Gasteiger partial charge in [0.2, 0.25) is 11.8 Å². The van der Waals surface area contributed by atoms with Crippen LogP contribution in [0.1, 0.15) is 38.5 Å². The highest BCUT2D eigenvalue weighted by atomic mass is 19.1. The van der Waals surface area contributed by atoms with Crippen molar-refractivity contribution in [3.63, 3.8) is 0 Å². The second-order valence-corrected chi connectivity index (χ2v) is 10.3. The Morgan fingerprint density at radius 2 is 1.45 bits per heavy atom. The van der Waals surface area contributed by atoms with Gasteiger partial charge in [-0.25, -0.2) is 14.7 Å². The average Bonchev–Trinajstić information content (AvgIpc) is 3.24. The normalized spacial score (nSPS) is 24.1. The molecule has 0 radical (unpaired) electrons. The average molecular weight is 531 g/mol. The Labute approximate surface area is 229 Å². The largest absolute Gasteiger partial charge is 0.398 e. The highest BCUT2D eigenvalue weighted by Gasteiger charge is 2.68. The summed E-state index contributed by atoms with van der Waals surface area (Å²) in [5.74, 6) is -3.53. The van der Waals surface area contributed by atoms with Crippen molar-refractivity contribution in [2.24, 2.45) is 16.9 Å². The van der Waals surface area contributed by atoms with Crippen LogP contribution in [0.4, 0.5) is 15.8 Å². The Kier molecular flexibility index (Phi) is 5.22. The van der Waals surface area contributed by atoms with Gasteiger partial charge in [-0.1, -0.05) is 60.7 Å². The van der Waals surface area contributed by atoms with Crippen LogP contribution in [0.5, 0.6) is 0 Å². The number of halogens is 1. The van der Waals surface area contributed by atoms with Crippen molar-refractivity contribution >= 4 is 35.3 Å². The number of amides is 3. The van der Waals surface area contributed by atoms with Crippen LogP contribution in [0.3, 0.4) is 0 Å². The van der Waals surface area contributed by atoms with Gasteiger partial charge in [0.05, 0.1) is 28.5 Å². The van der Waals surface area contributed by atoms with Crippen molar-refractivity contribution in [2.45, 2.75) is 11.3 Å². The number of benzene rings is 4. The van der Waals surface area contributed by atoms with E-state index in [1.165, 1.54) is 29.2 Å². The van der Waals surface area contributed by atoms with Crippen LogP contribution in [0.25, 0.3) is 0 Å². The Balaban J connectivity index is 1.41. The predicted molar refractivity (Wildman–Crippen MR) is 148 cm³/mol. The second-order valence-electron chi connectivity index (χ2n) is 10.3. The molecule has 7 nitrogen and oxygen atoms in total. The summed E-state index contributed by atoms with van der Waals surface area (Å²) < 4.78 is 13.7. The Hall–Kier alpha value is -5.11. The molecule has 0 saturated carbocycles. The van der Waals surface area contributed by atoms with Crippen LogP contribution in [-0.2, 0) is 15.0 Å². The van der Waals surface area contributed by atoms with E-state index >= 15 is 0 Å². The number of para-hydroxylation sites is 1. The number of imide groups is 1. The second kappa shape index (κ2) is 8.71. The number of nitrogens with one attached hydrogen (secondary N) is 1. The fourth-order valence-corrected chi connectivity index (χ4v) is 6.85. The molecule has 1 fully saturated rings. The summed E-state index contributed by atoms with van der Waals surface area (Å²) in [5.41, 5.74) is 11.9. The summed E-state index contributed by atoms with van der Waals surface area (Å²) in [7, 11) is 0. The van der Waals surface area contributed by atoms with Crippen molar-refractivity contribution in [3.8, 4) is 0 Å². The van der Waals surface area contributed by atoms with Crippen LogP contribution in [0.2, 0.25) is 0 Å². The number of rotatable bonds is 4. The topological polar surface area (TPSA) is 105 Å². The molecule has 1 saturated heterocycles. The fourth-order valence-electron chi connectivity index (χ4n) is 6.85. The molecular formula is C32H23FN4O3. The van der Waals surface area contributed by atoms with Crippen molar-refractivity contribution < 1.29 is 18.8 Å². The zero-order chi connectivity index (χ0) is 27.6. The molecular weight excluding hydrogens is 507 g/mol. The lowest BCUT2D eigenvalue weighted by Crippen LogP contribution is -2.54. The quantitative estimate of drug-likeness (QED) is 0.177. The zero-order valence-electron chi connectivity index (χ0n) is 21.1. The first-order valence-corrected chi connectivity index (χ1v) is 12.9. The molecule has 1 heterocycles. The summed E-state index contributed by atoms with van der Waals surface area (Å²) in [6.45, 7) is 0. The smallest absolute Gasteiger partial charge is 0.273 e. The molecule has 40 heavy (non-hydrogen) atoms. The molecule has 4 aliphatic rings. The molecule has 0 unspecified atom stereocenters. The van der Waals surface area contributed by atoms with Gasteiger partial charge in [-0.2, -0.15) is 5.10 Å². The molecule has 1 aliphatic heterocycles. The van der Waals surface area contributed by atoms with E-state index in [0.717, 1.165) is 22.3 Å². The molecule has 2 bridgehead atoms. The first-order chi connectivity index (χ1) is 19.4. The van der Waals surface area contributed by atoms with Gasteiger partial charge in [0.1, 0.15) is 5.82 Å². The number of hydrogen-bond donors (Lipinski definition) is 2. The number of nitrogen functional groups attached to an aromatic ring is 1. The van der Waals surface area contributed by atoms with E-state index in [-0.39, 0.29) is 23.3 Å². The van der Waals surface area contributed by atoms with Gasteiger partial charge in [-0.15, -0.1) is 0 Å². The number of anilines is 2. The minimum Gasteiger partial charge on any atom is -0.398 e. The minimum absolute atomic E-state index is 0.276. The molecule has 3 N–H and O–H groups in total. The maximum Gasteiger partial charge on any atom is 0.273 e. The Morgan fingerprint density at radius 1 is 0.850 bits per heavy atom. The van der Waals surface area contributed by atoms with E-state index in [1.807, 2.05) is 48.5 Å². The molecule has 0 aromatic heterocycles. The van der Waals surface area contributed by atoms with Crippen molar-refractivity contribution in [1.82, 2.24) is 5.43 Å². The first-order valence-electron chi connectivity index (χ1n) is 12.9. The first kappa shape index (κ1) is 24.0. The van der Waals surface area contributed by atoms with E-state index in [9.17, 15) is 18.8 Å². The zero-order valence-corrected chi connectivity index (χ0v) is 21.1. The highest BCUT2D eigenvalue weighted by Crippen LogP contribution is 2.63. The van der Waals surface area contributed by atoms with Crippen LogP contribution in [0, 0.1) is 17.7 Å². The number of carbonyl (C=O) groups is 3. The summed E-state index contributed by atoms with van der Waals surface area (Å²) in [5, 5.41) is 4.40. The van der Waals surface area contributed by atoms with E-state index in [1.54, 1.807) is 30.5 Å². The van der Waals surface area contributed by atoms with Crippen LogP contribution in [-0.4, -0.2) is 23.9 Å². The van der Waals surface area contributed by atoms with Crippen LogP contribution >= 0.6 is 0 Å². The number of hydrogen-bond acceptors (Lipinski definition) is 5. The molecule has 8 heteroatoms. The molecule has 4 aromatic carbocycles. The molecule has 3 aliphatic carbocycles. The molecule has 0 spiro atoms. The van der Waals surface area contributed by atoms with E-state index in [0.29, 0.717) is 11.4 Å². The van der Waals surface area contributed by atoms with Crippen LogP contribution in [0.15, 0.2) is 102 Å². The van der Waals surface area contributed by atoms with E-state index < -0.39 is 29.0 Å². The summed E-state index contributed by atoms with van der Waals surface area (Å²) >= 11 is 0. The van der Waals surface area contributed by atoms with Gasteiger partial charge in [0, 0.05) is 17.8 Å². The van der Waals surface area contributed by atoms with E-state index in [2.05, 4.69) is 10.5 Å². The van der Waals surface area contributed by atoms with E-state index in [4.69, 9.17) is 5.73 Å². The minimum atomic E-state index is -1.14. The monoisotopic (exact) mass is 530 g/mol. The fraction of sp³-hybridized carbons (Fsp3) is 0.125. The maximum atomic E-state index is 14.3. The Bertz CT molecular complexity index is 1700. The maximum absolute atomic E-state index is 14.3. The van der Waals surface area contributed by atoms with Crippen molar-refractivity contribution in [3.05, 3.63) is 131 Å². The van der Waals surface area contributed by atoms with Gasteiger partial charge in [-0.3, -0.25) is 14.4 Å². The molecule has 4 aromatic rings. The lowest BCUT2D eigenvalue weighted by atomic mass is 9.47. The third-order valence-electron chi connectivity index (χ3n) is 8.41. The number of nitrogens with zero attached hydrogens (tertiary/aromatic N) is 2. The third kappa shape index (κ3) is 3.16. The number of hydrazone groups is 1. The molecule has 3 amide bonds. The van der Waals surface area contributed by atoms with Crippen molar-refractivity contribution in [2.75, 3.05) is 10.6 Å². The predicted octanol–water partition coefficient (Wildman–Crippen LogP) is 4.37. The van der Waals surface area contributed by atoms with Gasteiger partial charge >= 0.3 is 0 Å². The summed E-state index contributed by atoms with van der Waals surface area (Å²) in [6.07, 6.45) is 1.59. The summed E-state index contributed by atoms with van der Waals surface area (Å²) in [4.78, 5) is 42.5. The molecule has 196 valence electrons. The number of nitrogens with two attached hydrogens (primary N) is 1. The third-order valence-corrected chi connectivity index (χ3v) is 8.41. The van der Waals surface area contributed by atoms with Gasteiger partial charge in [0.15, 0.2) is 0 Å². The highest BCUT2D eigenvalue weighted by molar-refractivity contribution is 6.25. The summed E-state index contributed by atoms with van der Waals surface area (Å²) in [6, 6.07) is 27.5. The van der Waals surface area contributed by atoms with Gasteiger partial charge in [0.25, 0.3) is 5.91 Å². The van der Waals surface area contributed by atoms with Crippen LogP contribution < -0.4 is 16.1 Å². The SMILES string of the molecule is Nc1ccccc1C(=O)N/N=C\C12c3ccccc3C(c3ccccc31)[C@H]1C(=O)N(c3ccc(F)cc3)C(=O)[C@@H]12. The lowest BCUT2D eigenvalue weighted by molar-refractivity contribution is -0.122. The lowest BCUT2D eigenvalue weighted by Gasteiger charge is -2.52. The molecule has 2 atom stereocenters. The van der Waals surface area contributed by atoms with Crippen molar-refractivity contribution in [1.29, 1.82) is 0 Å². The Morgan fingerprint density at radius 3 is 2.10 bits per heavy atom. The van der Waals surface area contributed by atoms with Gasteiger partial charge < -0.3 is 5.73 Å². The van der Waals surface area contributed by atoms with Gasteiger partial charge in [-0.05, 0) is 58.7 Å². The standard InChI is InChI=1S/C32H23FN4O3/c33-18-13-15-19(16-14-18)37-30(39)27-26-20-7-1-4-10-23(20)32(28(27)31(37)40,24-11-5-2-8-21(24)26)17-35-36-29(38)22-9-3-6-12-25(22)34/h1-17,26-28H,34H2,(H,36,38)/b35-17-/t26?,27-,28-,32?/m1/s1. The number of carbonyl (C=O) groups excluding carboxylic acids is 3. The molecule has 8 rings (SSSR count).